The molecular formula is C18H23N3O3S2. The van der Waals surface area contributed by atoms with Gasteiger partial charge in [-0.15, -0.1) is 11.8 Å². The van der Waals surface area contributed by atoms with Crippen molar-refractivity contribution in [2.24, 2.45) is 4.99 Å². The zero-order valence-electron chi connectivity index (χ0n) is 15.1. The van der Waals surface area contributed by atoms with Gasteiger partial charge in [-0.2, -0.15) is 4.99 Å². The molecule has 0 unspecified atom stereocenters. The minimum Gasteiger partial charge on any atom is -0.378 e. The second-order valence-corrected chi connectivity index (χ2v) is 8.09. The molecule has 1 fully saturated rings. The van der Waals surface area contributed by atoms with Crippen molar-refractivity contribution in [2.45, 2.75) is 20.4 Å². The van der Waals surface area contributed by atoms with Crippen LogP contribution in [0.3, 0.4) is 0 Å². The number of morpholine rings is 1. The molecule has 0 bridgehead atoms. The van der Waals surface area contributed by atoms with Crippen molar-refractivity contribution in [2.75, 3.05) is 37.8 Å². The van der Waals surface area contributed by atoms with E-state index in [1.54, 1.807) is 4.90 Å². The SMILES string of the molecule is CCn1c(=NC(=O)CSCC(=O)N2CCOCC2)sc2cc(C)ccc21. The number of thiazole rings is 1. The predicted molar refractivity (Wildman–Crippen MR) is 106 cm³/mol. The van der Waals surface area contributed by atoms with Crippen molar-refractivity contribution in [3.05, 3.63) is 28.6 Å². The third kappa shape index (κ3) is 4.55. The number of nitrogens with zero attached hydrogens (tertiary/aromatic N) is 3. The third-order valence-electron chi connectivity index (χ3n) is 4.19. The van der Waals surface area contributed by atoms with Crippen molar-refractivity contribution >= 4 is 45.1 Å². The second-order valence-electron chi connectivity index (χ2n) is 6.09. The van der Waals surface area contributed by atoms with Gasteiger partial charge in [-0.1, -0.05) is 17.4 Å². The first-order valence-electron chi connectivity index (χ1n) is 8.69. The summed E-state index contributed by atoms with van der Waals surface area (Å²) < 4.78 is 8.43. The molecule has 0 N–H and O–H groups in total. The van der Waals surface area contributed by atoms with E-state index >= 15 is 0 Å². The third-order valence-corrected chi connectivity index (χ3v) is 6.13. The maximum Gasteiger partial charge on any atom is 0.258 e. The number of hydrogen-bond acceptors (Lipinski definition) is 5. The van der Waals surface area contributed by atoms with E-state index in [2.05, 4.69) is 34.7 Å². The van der Waals surface area contributed by atoms with Crippen LogP contribution in [0.1, 0.15) is 12.5 Å². The largest absolute Gasteiger partial charge is 0.378 e. The molecule has 2 aromatic rings. The van der Waals surface area contributed by atoms with Crippen LogP contribution in [0.25, 0.3) is 10.2 Å². The van der Waals surface area contributed by atoms with E-state index in [1.165, 1.54) is 28.7 Å². The van der Waals surface area contributed by atoms with Crippen LogP contribution in [0, 0.1) is 6.92 Å². The highest BCUT2D eigenvalue weighted by Crippen LogP contribution is 2.19. The Morgan fingerprint density at radius 1 is 1.27 bits per heavy atom. The molecule has 1 saturated heterocycles. The molecule has 2 amide bonds. The summed E-state index contributed by atoms with van der Waals surface area (Å²) in [6.45, 7) is 7.31. The van der Waals surface area contributed by atoms with Crippen LogP contribution in [-0.4, -0.2) is 59.1 Å². The number of ether oxygens (including phenoxy) is 1. The van der Waals surface area contributed by atoms with Gasteiger partial charge in [0.2, 0.25) is 5.91 Å². The second kappa shape index (κ2) is 8.83. The lowest BCUT2D eigenvalue weighted by Crippen LogP contribution is -2.41. The maximum absolute atomic E-state index is 12.2. The number of carbonyl (C=O) groups excluding carboxylic acids is 2. The number of benzene rings is 1. The average molecular weight is 394 g/mol. The Kier molecular flexibility index (Phi) is 6.50. The van der Waals surface area contributed by atoms with Gasteiger partial charge in [0.15, 0.2) is 4.80 Å². The molecule has 8 heteroatoms. The highest BCUT2D eigenvalue weighted by atomic mass is 32.2. The Bertz CT molecular complexity index is 866. The average Bonchev–Trinajstić information content (AvgIpc) is 2.98. The first kappa shape index (κ1) is 19.1. The minimum absolute atomic E-state index is 0.0621. The highest BCUT2D eigenvalue weighted by Gasteiger charge is 2.17. The Morgan fingerprint density at radius 3 is 2.77 bits per heavy atom. The molecule has 1 aliphatic rings. The van der Waals surface area contributed by atoms with E-state index in [9.17, 15) is 9.59 Å². The number of aromatic nitrogens is 1. The monoisotopic (exact) mass is 393 g/mol. The van der Waals surface area contributed by atoms with Crippen LogP contribution in [0.15, 0.2) is 23.2 Å². The van der Waals surface area contributed by atoms with Crippen LogP contribution in [0.2, 0.25) is 0 Å². The van der Waals surface area contributed by atoms with Crippen molar-refractivity contribution < 1.29 is 14.3 Å². The smallest absolute Gasteiger partial charge is 0.258 e. The lowest BCUT2D eigenvalue weighted by molar-refractivity contribution is -0.132. The Labute approximate surface area is 160 Å². The molecule has 1 aromatic heterocycles. The molecule has 2 heterocycles. The predicted octanol–water partition coefficient (Wildman–Crippen LogP) is 2.05. The molecule has 0 radical (unpaired) electrons. The van der Waals surface area contributed by atoms with E-state index in [1.807, 2.05) is 6.92 Å². The molecule has 0 spiro atoms. The summed E-state index contributed by atoms with van der Waals surface area (Å²) in [4.78, 5) is 31.1. The number of amides is 2. The fourth-order valence-corrected chi connectivity index (χ4v) is 4.75. The standard InChI is InChI=1S/C18H23N3O3S2/c1-3-21-14-5-4-13(2)10-15(14)26-18(21)19-16(22)11-25-12-17(23)20-6-8-24-9-7-20/h4-5,10H,3,6-9,11-12H2,1-2H3. The lowest BCUT2D eigenvalue weighted by atomic mass is 10.2. The molecule has 0 aliphatic carbocycles. The summed E-state index contributed by atoms with van der Waals surface area (Å²) in [6, 6.07) is 6.26. The van der Waals surface area contributed by atoms with Gasteiger partial charge in [-0.25, -0.2) is 0 Å². The molecule has 3 rings (SSSR count). The van der Waals surface area contributed by atoms with Crippen LogP contribution in [0.5, 0.6) is 0 Å². The molecule has 0 atom stereocenters. The quantitative estimate of drug-likeness (QED) is 0.780. The van der Waals surface area contributed by atoms with E-state index in [4.69, 9.17) is 4.74 Å². The van der Waals surface area contributed by atoms with Gasteiger partial charge in [-0.3, -0.25) is 9.59 Å². The Morgan fingerprint density at radius 2 is 2.04 bits per heavy atom. The zero-order valence-corrected chi connectivity index (χ0v) is 16.7. The molecule has 0 saturated carbocycles. The zero-order chi connectivity index (χ0) is 18.5. The van der Waals surface area contributed by atoms with Crippen molar-refractivity contribution in [1.82, 2.24) is 9.47 Å². The van der Waals surface area contributed by atoms with E-state index in [-0.39, 0.29) is 17.6 Å². The lowest BCUT2D eigenvalue weighted by Gasteiger charge is -2.26. The first-order valence-corrected chi connectivity index (χ1v) is 10.7. The summed E-state index contributed by atoms with van der Waals surface area (Å²) in [7, 11) is 0. The highest BCUT2D eigenvalue weighted by molar-refractivity contribution is 8.00. The Balaban J connectivity index is 1.63. The number of hydrogen-bond donors (Lipinski definition) is 0. The van der Waals surface area contributed by atoms with E-state index in [0.29, 0.717) is 32.1 Å². The fourth-order valence-electron chi connectivity index (χ4n) is 2.84. The van der Waals surface area contributed by atoms with Crippen molar-refractivity contribution in [1.29, 1.82) is 0 Å². The molecule has 26 heavy (non-hydrogen) atoms. The fraction of sp³-hybridized carbons (Fsp3) is 0.500. The summed E-state index contributed by atoms with van der Waals surface area (Å²) in [5.74, 6) is 0.385. The number of aryl methyl sites for hydroxylation is 2. The molecule has 140 valence electrons. The molecule has 1 aromatic carbocycles. The van der Waals surface area contributed by atoms with Gasteiger partial charge >= 0.3 is 0 Å². The van der Waals surface area contributed by atoms with Gasteiger partial charge in [0.25, 0.3) is 5.91 Å². The maximum atomic E-state index is 12.2. The van der Waals surface area contributed by atoms with Gasteiger partial charge in [0, 0.05) is 19.6 Å². The number of fused-ring (bicyclic) bond motifs is 1. The Hall–Kier alpha value is -1.64. The summed E-state index contributed by atoms with van der Waals surface area (Å²) in [5, 5.41) is 0. The van der Waals surface area contributed by atoms with Crippen LogP contribution in [-0.2, 0) is 20.9 Å². The number of carbonyl (C=O) groups is 2. The topological polar surface area (TPSA) is 63.9 Å². The normalized spacial score (nSPS) is 15.6. The molecule has 6 nitrogen and oxygen atoms in total. The summed E-state index contributed by atoms with van der Waals surface area (Å²) in [5.41, 5.74) is 2.29. The van der Waals surface area contributed by atoms with Crippen molar-refractivity contribution in [3.63, 3.8) is 0 Å². The number of rotatable bonds is 5. The van der Waals surface area contributed by atoms with Gasteiger partial charge in [0.1, 0.15) is 0 Å². The van der Waals surface area contributed by atoms with Crippen molar-refractivity contribution in [3.8, 4) is 0 Å². The van der Waals surface area contributed by atoms with E-state index < -0.39 is 0 Å². The summed E-state index contributed by atoms with van der Waals surface area (Å²) in [6.07, 6.45) is 0. The minimum atomic E-state index is -0.199. The van der Waals surface area contributed by atoms with Crippen LogP contribution < -0.4 is 4.80 Å². The van der Waals surface area contributed by atoms with E-state index in [0.717, 1.165) is 21.6 Å². The number of thioether (sulfide) groups is 1. The first-order chi connectivity index (χ1) is 12.6. The molecule has 1 aliphatic heterocycles. The van der Waals surface area contributed by atoms with Crippen LogP contribution in [0.4, 0.5) is 0 Å². The van der Waals surface area contributed by atoms with Gasteiger partial charge in [0.05, 0.1) is 34.9 Å². The molecular weight excluding hydrogens is 370 g/mol. The van der Waals surface area contributed by atoms with Gasteiger partial charge < -0.3 is 14.2 Å². The van der Waals surface area contributed by atoms with Crippen LogP contribution >= 0.6 is 23.1 Å². The summed E-state index contributed by atoms with van der Waals surface area (Å²) >= 11 is 2.86. The van der Waals surface area contributed by atoms with Gasteiger partial charge in [-0.05, 0) is 31.5 Å².